The average molecular weight is 299 g/mol. The van der Waals surface area contributed by atoms with Crippen LogP contribution in [0.1, 0.15) is 12.8 Å². The molecule has 0 aliphatic carbocycles. The number of esters is 1. The summed E-state index contributed by atoms with van der Waals surface area (Å²) in [6.07, 6.45) is 1.08. The normalized spacial score (nSPS) is 21.2. The van der Waals surface area contributed by atoms with Gasteiger partial charge in [-0.2, -0.15) is 0 Å². The smallest absolute Gasteiger partial charge is 0.328 e. The van der Waals surface area contributed by atoms with E-state index in [4.69, 9.17) is 4.74 Å². The molecule has 0 aromatic heterocycles. The SMILES string of the molecule is COCCN1C(=O)N(CC(=O)OC)C(=O)C12CCNCC2. The van der Waals surface area contributed by atoms with Gasteiger partial charge in [0.1, 0.15) is 12.1 Å². The fourth-order valence-corrected chi connectivity index (χ4v) is 2.93. The minimum Gasteiger partial charge on any atom is -0.468 e. The van der Waals surface area contributed by atoms with Crippen LogP contribution in [0.3, 0.4) is 0 Å². The first-order valence-corrected chi connectivity index (χ1v) is 6.97. The van der Waals surface area contributed by atoms with E-state index in [0.29, 0.717) is 39.1 Å². The van der Waals surface area contributed by atoms with E-state index in [2.05, 4.69) is 10.1 Å². The number of urea groups is 1. The van der Waals surface area contributed by atoms with Gasteiger partial charge in [-0.05, 0) is 25.9 Å². The molecule has 0 bridgehead atoms. The molecular formula is C13H21N3O5. The second-order valence-corrected chi connectivity index (χ2v) is 5.18. The maximum Gasteiger partial charge on any atom is 0.328 e. The number of imide groups is 1. The van der Waals surface area contributed by atoms with Crippen molar-refractivity contribution >= 4 is 17.9 Å². The number of piperidine rings is 1. The molecule has 1 spiro atoms. The summed E-state index contributed by atoms with van der Waals surface area (Å²) in [5.41, 5.74) is -0.852. The Morgan fingerprint density at radius 2 is 1.95 bits per heavy atom. The number of carbonyl (C=O) groups excluding carboxylic acids is 3. The Labute approximate surface area is 123 Å². The summed E-state index contributed by atoms with van der Waals surface area (Å²) >= 11 is 0. The van der Waals surface area contributed by atoms with Crippen LogP contribution < -0.4 is 5.32 Å². The van der Waals surface area contributed by atoms with Crippen LogP contribution in [-0.4, -0.2) is 80.3 Å². The van der Waals surface area contributed by atoms with Gasteiger partial charge in [0.2, 0.25) is 0 Å². The van der Waals surface area contributed by atoms with Crippen LogP contribution in [0.4, 0.5) is 4.79 Å². The van der Waals surface area contributed by atoms with Gasteiger partial charge in [-0.1, -0.05) is 0 Å². The van der Waals surface area contributed by atoms with Gasteiger partial charge in [0.05, 0.1) is 13.7 Å². The van der Waals surface area contributed by atoms with Crippen LogP contribution >= 0.6 is 0 Å². The number of amides is 3. The van der Waals surface area contributed by atoms with E-state index in [-0.39, 0.29) is 12.5 Å². The average Bonchev–Trinajstić information content (AvgIpc) is 2.68. The molecule has 0 radical (unpaired) electrons. The zero-order chi connectivity index (χ0) is 15.5. The summed E-state index contributed by atoms with van der Waals surface area (Å²) in [5, 5.41) is 3.18. The van der Waals surface area contributed by atoms with Crippen LogP contribution in [0, 0.1) is 0 Å². The van der Waals surface area contributed by atoms with Gasteiger partial charge in [-0.25, -0.2) is 4.79 Å². The molecule has 118 valence electrons. The van der Waals surface area contributed by atoms with Crippen LogP contribution in [0.15, 0.2) is 0 Å². The molecule has 2 aliphatic heterocycles. The minimum atomic E-state index is -0.852. The molecule has 8 heteroatoms. The molecule has 2 saturated heterocycles. The largest absolute Gasteiger partial charge is 0.468 e. The van der Waals surface area contributed by atoms with Crippen molar-refractivity contribution in [2.24, 2.45) is 0 Å². The summed E-state index contributed by atoms with van der Waals surface area (Å²) in [4.78, 5) is 39.2. The third-order valence-corrected chi connectivity index (χ3v) is 4.09. The van der Waals surface area contributed by atoms with Crippen LogP contribution in [-0.2, 0) is 19.1 Å². The fourth-order valence-electron chi connectivity index (χ4n) is 2.93. The lowest BCUT2D eigenvalue weighted by molar-refractivity contribution is -0.146. The lowest BCUT2D eigenvalue weighted by Gasteiger charge is -2.38. The van der Waals surface area contributed by atoms with Crippen LogP contribution in [0.5, 0.6) is 0 Å². The van der Waals surface area contributed by atoms with E-state index >= 15 is 0 Å². The maximum atomic E-state index is 12.7. The molecule has 0 atom stereocenters. The predicted octanol–water partition coefficient (Wildman–Crippen LogP) is -0.808. The highest BCUT2D eigenvalue weighted by Gasteiger charge is 2.57. The quantitative estimate of drug-likeness (QED) is 0.528. The zero-order valence-electron chi connectivity index (χ0n) is 12.4. The molecule has 0 saturated carbocycles. The molecule has 2 aliphatic rings. The molecule has 8 nitrogen and oxygen atoms in total. The van der Waals surface area contributed by atoms with Gasteiger partial charge in [-0.3, -0.25) is 14.5 Å². The first kappa shape index (κ1) is 15.7. The number of hydrogen-bond donors (Lipinski definition) is 1. The lowest BCUT2D eigenvalue weighted by atomic mass is 9.86. The molecule has 21 heavy (non-hydrogen) atoms. The van der Waals surface area contributed by atoms with E-state index in [1.165, 1.54) is 7.11 Å². The van der Waals surface area contributed by atoms with Gasteiger partial charge in [-0.15, -0.1) is 0 Å². The summed E-state index contributed by atoms with van der Waals surface area (Å²) in [5.74, 6) is -0.912. The first-order chi connectivity index (χ1) is 10.1. The summed E-state index contributed by atoms with van der Waals surface area (Å²) < 4.78 is 9.59. The van der Waals surface area contributed by atoms with Gasteiger partial charge >= 0.3 is 12.0 Å². The molecule has 0 aromatic carbocycles. The van der Waals surface area contributed by atoms with Gasteiger partial charge < -0.3 is 19.7 Å². The number of nitrogens with one attached hydrogen (secondary N) is 1. The Morgan fingerprint density at radius 3 is 2.52 bits per heavy atom. The lowest BCUT2D eigenvalue weighted by Crippen LogP contribution is -2.56. The van der Waals surface area contributed by atoms with Crippen LogP contribution in [0.25, 0.3) is 0 Å². The third kappa shape index (κ3) is 2.73. The standard InChI is InChI=1S/C13H21N3O5/c1-20-8-7-16-12(19)15(9-10(17)21-2)11(18)13(16)3-5-14-6-4-13/h14H,3-9H2,1-2H3. The Balaban J connectivity index is 2.25. The van der Waals surface area contributed by atoms with Gasteiger partial charge in [0.25, 0.3) is 5.91 Å². The highest BCUT2D eigenvalue weighted by atomic mass is 16.5. The van der Waals surface area contributed by atoms with E-state index in [9.17, 15) is 14.4 Å². The second-order valence-electron chi connectivity index (χ2n) is 5.18. The summed E-state index contributed by atoms with van der Waals surface area (Å²) in [6.45, 7) is 1.66. The third-order valence-electron chi connectivity index (χ3n) is 4.09. The first-order valence-electron chi connectivity index (χ1n) is 6.97. The Morgan fingerprint density at radius 1 is 1.29 bits per heavy atom. The number of hydrogen-bond acceptors (Lipinski definition) is 6. The van der Waals surface area contributed by atoms with Crippen LogP contribution in [0.2, 0.25) is 0 Å². The van der Waals surface area contributed by atoms with Gasteiger partial charge in [0.15, 0.2) is 0 Å². The number of nitrogens with zero attached hydrogens (tertiary/aromatic N) is 2. The van der Waals surface area contributed by atoms with Gasteiger partial charge in [0, 0.05) is 13.7 Å². The zero-order valence-corrected chi connectivity index (χ0v) is 12.4. The van der Waals surface area contributed by atoms with Crippen molar-refractivity contribution in [3.05, 3.63) is 0 Å². The number of methoxy groups -OCH3 is 2. The highest BCUT2D eigenvalue weighted by molar-refractivity contribution is 6.08. The monoisotopic (exact) mass is 299 g/mol. The molecule has 3 amide bonds. The predicted molar refractivity (Wildman–Crippen MR) is 72.5 cm³/mol. The highest BCUT2D eigenvalue weighted by Crippen LogP contribution is 2.35. The minimum absolute atomic E-state index is 0.310. The van der Waals surface area contributed by atoms with Crippen molar-refractivity contribution in [2.75, 3.05) is 47.0 Å². The maximum absolute atomic E-state index is 12.7. The molecule has 2 fully saturated rings. The van der Waals surface area contributed by atoms with E-state index in [1.54, 1.807) is 12.0 Å². The van der Waals surface area contributed by atoms with Crippen molar-refractivity contribution in [1.82, 2.24) is 15.1 Å². The molecule has 2 heterocycles. The van der Waals surface area contributed by atoms with Crippen molar-refractivity contribution < 1.29 is 23.9 Å². The van der Waals surface area contributed by atoms with Crippen molar-refractivity contribution in [2.45, 2.75) is 18.4 Å². The number of ether oxygens (including phenoxy) is 2. The van der Waals surface area contributed by atoms with E-state index < -0.39 is 17.5 Å². The van der Waals surface area contributed by atoms with E-state index in [0.717, 1.165) is 4.90 Å². The number of rotatable bonds is 5. The Bertz CT molecular complexity index is 434. The summed E-state index contributed by atoms with van der Waals surface area (Å²) in [6, 6.07) is -0.440. The topological polar surface area (TPSA) is 88.2 Å². The van der Waals surface area contributed by atoms with Crippen molar-refractivity contribution in [3.63, 3.8) is 0 Å². The number of carbonyl (C=O) groups is 3. The molecule has 0 aromatic rings. The molecule has 1 N–H and O–H groups in total. The molecular weight excluding hydrogens is 278 g/mol. The Hall–Kier alpha value is -1.67. The summed E-state index contributed by atoms with van der Waals surface area (Å²) in [7, 11) is 2.78. The second kappa shape index (κ2) is 6.40. The molecule has 2 rings (SSSR count). The van der Waals surface area contributed by atoms with Crippen molar-refractivity contribution in [1.29, 1.82) is 0 Å². The molecule has 0 unspecified atom stereocenters. The van der Waals surface area contributed by atoms with Crippen molar-refractivity contribution in [3.8, 4) is 0 Å². The fraction of sp³-hybridized carbons (Fsp3) is 0.769. The van der Waals surface area contributed by atoms with E-state index in [1.807, 2.05) is 0 Å². The Kier molecular flexibility index (Phi) is 4.79.